The van der Waals surface area contributed by atoms with Gasteiger partial charge in [-0.2, -0.15) is 11.3 Å². The van der Waals surface area contributed by atoms with Gasteiger partial charge in [0.25, 0.3) is 5.91 Å². The van der Waals surface area contributed by atoms with Crippen LogP contribution in [0.2, 0.25) is 0 Å². The minimum absolute atomic E-state index is 0.0556. The molecule has 0 unspecified atom stereocenters. The third-order valence-electron chi connectivity index (χ3n) is 2.84. The van der Waals surface area contributed by atoms with Gasteiger partial charge in [-0.25, -0.2) is 0 Å². The summed E-state index contributed by atoms with van der Waals surface area (Å²) in [5.74, 6) is 0.0556. The van der Waals surface area contributed by atoms with Crippen molar-refractivity contribution in [2.24, 2.45) is 0 Å². The third kappa shape index (κ3) is 2.82. The van der Waals surface area contributed by atoms with Crippen molar-refractivity contribution in [3.63, 3.8) is 0 Å². The molecule has 0 aliphatic heterocycles. The molecule has 0 aliphatic rings. The summed E-state index contributed by atoms with van der Waals surface area (Å²) in [4.78, 5) is 14.1. The average Bonchev–Trinajstić information content (AvgIpc) is 2.84. The molecule has 1 aromatic carbocycles. The zero-order valence-corrected chi connectivity index (χ0v) is 12.7. The summed E-state index contributed by atoms with van der Waals surface area (Å²) < 4.78 is 0.970. The van der Waals surface area contributed by atoms with Crippen LogP contribution in [0.5, 0.6) is 0 Å². The van der Waals surface area contributed by atoms with Gasteiger partial charge in [0.2, 0.25) is 0 Å². The van der Waals surface area contributed by atoms with Crippen molar-refractivity contribution < 1.29 is 4.79 Å². The number of rotatable bonds is 3. The van der Waals surface area contributed by atoms with Crippen LogP contribution < -0.4 is 0 Å². The van der Waals surface area contributed by atoms with Gasteiger partial charge < -0.3 is 4.90 Å². The molecule has 2 rings (SSSR count). The van der Waals surface area contributed by atoms with E-state index in [1.54, 1.807) is 16.2 Å². The van der Waals surface area contributed by atoms with Crippen LogP contribution in [0.1, 0.15) is 21.5 Å². The van der Waals surface area contributed by atoms with Gasteiger partial charge >= 0.3 is 0 Å². The van der Waals surface area contributed by atoms with Gasteiger partial charge in [-0.1, -0.05) is 22.0 Å². The molecule has 0 bridgehead atoms. The molecule has 0 fully saturated rings. The zero-order valence-electron chi connectivity index (χ0n) is 10.3. The van der Waals surface area contributed by atoms with E-state index in [1.807, 2.05) is 43.6 Å². The topological polar surface area (TPSA) is 20.3 Å². The number of benzene rings is 1. The Labute approximate surface area is 119 Å². The van der Waals surface area contributed by atoms with Crippen LogP contribution in [0.4, 0.5) is 0 Å². The molecule has 0 N–H and O–H groups in total. The summed E-state index contributed by atoms with van der Waals surface area (Å²) in [6.07, 6.45) is 0. The second-order valence-electron chi connectivity index (χ2n) is 4.21. The maximum atomic E-state index is 12.4. The monoisotopic (exact) mass is 323 g/mol. The number of amides is 1. The zero-order chi connectivity index (χ0) is 13.1. The minimum Gasteiger partial charge on any atom is -0.337 e. The van der Waals surface area contributed by atoms with Crippen molar-refractivity contribution >= 4 is 33.2 Å². The third-order valence-corrected chi connectivity index (χ3v) is 4.44. The van der Waals surface area contributed by atoms with Gasteiger partial charge in [-0.05, 0) is 47.0 Å². The van der Waals surface area contributed by atoms with Crippen LogP contribution in [0.25, 0.3) is 0 Å². The van der Waals surface area contributed by atoms with E-state index >= 15 is 0 Å². The SMILES string of the molecule is Cc1c(Br)cccc1C(=O)N(C)Cc1ccsc1. The van der Waals surface area contributed by atoms with Gasteiger partial charge in [0.05, 0.1) is 0 Å². The molecule has 0 saturated heterocycles. The Balaban J connectivity index is 2.18. The first-order valence-corrected chi connectivity index (χ1v) is 7.35. The number of thiophene rings is 1. The minimum atomic E-state index is 0.0556. The molecule has 1 aromatic heterocycles. The van der Waals surface area contributed by atoms with E-state index in [-0.39, 0.29) is 5.91 Å². The summed E-state index contributed by atoms with van der Waals surface area (Å²) in [6.45, 7) is 2.60. The quantitative estimate of drug-likeness (QED) is 0.833. The van der Waals surface area contributed by atoms with Crippen LogP contribution in [0.3, 0.4) is 0 Å². The molecule has 0 spiro atoms. The maximum absolute atomic E-state index is 12.4. The normalized spacial score (nSPS) is 10.4. The highest BCUT2D eigenvalue weighted by molar-refractivity contribution is 9.10. The lowest BCUT2D eigenvalue weighted by Crippen LogP contribution is -2.26. The van der Waals surface area contributed by atoms with E-state index in [0.29, 0.717) is 6.54 Å². The lowest BCUT2D eigenvalue weighted by atomic mass is 10.1. The summed E-state index contributed by atoms with van der Waals surface area (Å²) in [7, 11) is 1.83. The van der Waals surface area contributed by atoms with Gasteiger partial charge in [0.1, 0.15) is 0 Å². The average molecular weight is 324 g/mol. The second kappa shape index (κ2) is 5.67. The lowest BCUT2D eigenvalue weighted by molar-refractivity contribution is 0.0784. The number of carbonyl (C=O) groups excluding carboxylic acids is 1. The van der Waals surface area contributed by atoms with Gasteiger partial charge in [-0.3, -0.25) is 4.79 Å². The Bertz CT molecular complexity index is 551. The molecule has 1 amide bonds. The molecule has 0 radical (unpaired) electrons. The van der Waals surface area contributed by atoms with Crippen molar-refractivity contribution in [3.8, 4) is 0 Å². The van der Waals surface area contributed by atoms with Crippen LogP contribution in [-0.2, 0) is 6.54 Å². The molecule has 1 heterocycles. The smallest absolute Gasteiger partial charge is 0.254 e. The molecule has 2 aromatic rings. The molecular weight excluding hydrogens is 310 g/mol. The van der Waals surface area contributed by atoms with E-state index in [4.69, 9.17) is 0 Å². The number of nitrogens with zero attached hydrogens (tertiary/aromatic N) is 1. The molecule has 2 nitrogen and oxygen atoms in total. The standard InChI is InChI=1S/C14H14BrNOS/c1-10-12(4-3-5-13(10)15)14(17)16(2)8-11-6-7-18-9-11/h3-7,9H,8H2,1-2H3. The first-order valence-electron chi connectivity index (χ1n) is 5.61. The Morgan fingerprint density at radius 2 is 2.17 bits per heavy atom. The summed E-state index contributed by atoms with van der Waals surface area (Å²) in [6, 6.07) is 7.75. The largest absolute Gasteiger partial charge is 0.337 e. The maximum Gasteiger partial charge on any atom is 0.254 e. The molecule has 4 heteroatoms. The van der Waals surface area contributed by atoms with Gasteiger partial charge in [0.15, 0.2) is 0 Å². The molecule has 18 heavy (non-hydrogen) atoms. The van der Waals surface area contributed by atoms with Crippen molar-refractivity contribution in [2.75, 3.05) is 7.05 Å². The molecular formula is C14H14BrNOS. The molecule has 94 valence electrons. The summed E-state index contributed by atoms with van der Waals surface area (Å²) in [5.41, 5.74) is 2.91. The summed E-state index contributed by atoms with van der Waals surface area (Å²) >= 11 is 5.10. The lowest BCUT2D eigenvalue weighted by Gasteiger charge is -2.18. The van der Waals surface area contributed by atoms with Crippen LogP contribution in [0.15, 0.2) is 39.5 Å². The number of carbonyl (C=O) groups is 1. The Morgan fingerprint density at radius 3 is 2.83 bits per heavy atom. The van der Waals surface area contributed by atoms with E-state index in [0.717, 1.165) is 15.6 Å². The highest BCUT2D eigenvalue weighted by Gasteiger charge is 2.15. The van der Waals surface area contributed by atoms with Crippen LogP contribution >= 0.6 is 27.3 Å². The number of hydrogen-bond acceptors (Lipinski definition) is 2. The predicted octanol–water partition coefficient (Wildman–Crippen LogP) is 4.09. The number of hydrogen-bond donors (Lipinski definition) is 0. The van der Waals surface area contributed by atoms with E-state index in [2.05, 4.69) is 21.3 Å². The first-order chi connectivity index (χ1) is 8.59. The highest BCUT2D eigenvalue weighted by Crippen LogP contribution is 2.21. The Morgan fingerprint density at radius 1 is 1.39 bits per heavy atom. The first kappa shape index (κ1) is 13.3. The molecule has 0 atom stereocenters. The van der Waals surface area contributed by atoms with Crippen molar-refractivity contribution in [1.82, 2.24) is 4.90 Å². The van der Waals surface area contributed by atoms with Crippen LogP contribution in [-0.4, -0.2) is 17.9 Å². The Kier molecular flexibility index (Phi) is 4.19. The molecule has 0 saturated carbocycles. The predicted molar refractivity (Wildman–Crippen MR) is 79.0 cm³/mol. The van der Waals surface area contributed by atoms with E-state index in [9.17, 15) is 4.79 Å². The molecule has 0 aliphatic carbocycles. The number of halogens is 1. The van der Waals surface area contributed by atoms with Crippen LogP contribution in [0, 0.1) is 6.92 Å². The van der Waals surface area contributed by atoms with Crippen molar-refractivity contribution in [1.29, 1.82) is 0 Å². The van der Waals surface area contributed by atoms with E-state index in [1.165, 1.54) is 5.56 Å². The fourth-order valence-electron chi connectivity index (χ4n) is 1.77. The Hall–Kier alpha value is -1.13. The highest BCUT2D eigenvalue weighted by atomic mass is 79.9. The van der Waals surface area contributed by atoms with E-state index < -0.39 is 0 Å². The van der Waals surface area contributed by atoms with Gasteiger partial charge in [-0.15, -0.1) is 0 Å². The van der Waals surface area contributed by atoms with Crippen molar-refractivity contribution in [3.05, 3.63) is 56.2 Å². The second-order valence-corrected chi connectivity index (χ2v) is 5.84. The summed E-state index contributed by atoms with van der Waals surface area (Å²) in [5, 5.41) is 4.09. The fraction of sp³-hybridized carbons (Fsp3) is 0.214. The van der Waals surface area contributed by atoms with Crippen molar-refractivity contribution in [2.45, 2.75) is 13.5 Å². The van der Waals surface area contributed by atoms with Gasteiger partial charge in [0, 0.05) is 23.6 Å². The fourth-order valence-corrected chi connectivity index (χ4v) is 2.80.